The van der Waals surface area contributed by atoms with Crippen molar-refractivity contribution in [2.45, 2.75) is 18.9 Å². The van der Waals surface area contributed by atoms with E-state index in [2.05, 4.69) is 4.98 Å². The molecule has 5 nitrogen and oxygen atoms in total. The Hall–Kier alpha value is -1.33. The minimum Gasteiger partial charge on any atom is -0.397 e. The third-order valence-electron chi connectivity index (χ3n) is 2.88. The molecule has 1 aliphatic rings. The van der Waals surface area contributed by atoms with Gasteiger partial charge < -0.3 is 15.7 Å². The highest BCUT2D eigenvalue weighted by Gasteiger charge is 2.23. The number of nitrogens with zero attached hydrogens (tertiary/aromatic N) is 2. The fraction of sp³-hybridized carbons (Fsp3) is 0.455. The molecule has 1 amide bonds. The van der Waals surface area contributed by atoms with Crippen molar-refractivity contribution >= 4 is 23.2 Å². The third kappa shape index (κ3) is 2.68. The summed E-state index contributed by atoms with van der Waals surface area (Å²) in [6, 6.07) is 1.48. The number of hydrogen-bond donors (Lipinski definition) is 2. The number of aromatic nitrogens is 1. The standard InChI is InChI=1S/C11H14ClN3O2/c12-10-5-8(9(13)6-14-10)11(17)15-3-1-7(16)2-4-15/h5-7,16H,1-4,13H2. The SMILES string of the molecule is Nc1cnc(Cl)cc1C(=O)N1CCC(O)CC1. The maximum Gasteiger partial charge on any atom is 0.256 e. The Morgan fingerprint density at radius 2 is 2.18 bits per heavy atom. The van der Waals surface area contributed by atoms with Crippen molar-refractivity contribution in [3.8, 4) is 0 Å². The van der Waals surface area contributed by atoms with Gasteiger partial charge in [-0.25, -0.2) is 4.98 Å². The van der Waals surface area contributed by atoms with E-state index < -0.39 is 0 Å². The highest BCUT2D eigenvalue weighted by atomic mass is 35.5. The van der Waals surface area contributed by atoms with Gasteiger partial charge in [-0.1, -0.05) is 11.6 Å². The molecule has 0 spiro atoms. The molecule has 0 unspecified atom stereocenters. The molecule has 92 valence electrons. The van der Waals surface area contributed by atoms with Crippen molar-refractivity contribution in [3.05, 3.63) is 23.0 Å². The normalized spacial score (nSPS) is 17.2. The smallest absolute Gasteiger partial charge is 0.256 e. The van der Waals surface area contributed by atoms with Crippen molar-refractivity contribution in [1.29, 1.82) is 0 Å². The number of nitrogens with two attached hydrogens (primary N) is 1. The molecule has 1 fully saturated rings. The van der Waals surface area contributed by atoms with E-state index in [1.54, 1.807) is 4.90 Å². The second-order valence-corrected chi connectivity index (χ2v) is 4.50. The van der Waals surface area contributed by atoms with Gasteiger partial charge in [0.2, 0.25) is 0 Å². The molecule has 2 rings (SSSR count). The van der Waals surface area contributed by atoms with Crippen molar-refractivity contribution in [2.24, 2.45) is 0 Å². The summed E-state index contributed by atoms with van der Waals surface area (Å²) >= 11 is 5.75. The average Bonchev–Trinajstić information content (AvgIpc) is 2.32. The van der Waals surface area contributed by atoms with E-state index in [0.29, 0.717) is 37.2 Å². The van der Waals surface area contributed by atoms with Crippen molar-refractivity contribution in [1.82, 2.24) is 9.88 Å². The van der Waals surface area contributed by atoms with Crippen LogP contribution in [0, 0.1) is 0 Å². The van der Waals surface area contributed by atoms with Crippen LogP contribution in [0.4, 0.5) is 5.69 Å². The van der Waals surface area contributed by atoms with E-state index in [1.807, 2.05) is 0 Å². The Balaban J connectivity index is 2.16. The minimum atomic E-state index is -0.308. The predicted octanol–water partition coefficient (Wildman–Crippen LogP) is 0.914. The number of aliphatic hydroxyl groups is 1. The number of aliphatic hydroxyl groups excluding tert-OH is 1. The molecule has 6 heteroatoms. The van der Waals surface area contributed by atoms with E-state index in [1.165, 1.54) is 12.3 Å². The summed E-state index contributed by atoms with van der Waals surface area (Å²) in [7, 11) is 0. The van der Waals surface area contributed by atoms with Gasteiger partial charge in [0.05, 0.1) is 23.6 Å². The molecule has 1 saturated heterocycles. The summed E-state index contributed by atoms with van der Waals surface area (Å²) < 4.78 is 0. The molecule has 1 aromatic heterocycles. The number of likely N-dealkylation sites (tertiary alicyclic amines) is 1. The van der Waals surface area contributed by atoms with Crippen LogP contribution in [-0.4, -0.2) is 40.1 Å². The molecular formula is C11H14ClN3O2. The lowest BCUT2D eigenvalue weighted by Gasteiger charge is -2.29. The maximum atomic E-state index is 12.2. The predicted molar refractivity (Wildman–Crippen MR) is 64.8 cm³/mol. The van der Waals surface area contributed by atoms with Crippen LogP contribution in [-0.2, 0) is 0 Å². The first-order valence-electron chi connectivity index (χ1n) is 5.46. The molecule has 0 radical (unpaired) electrons. The van der Waals surface area contributed by atoms with Gasteiger partial charge in [0.1, 0.15) is 5.15 Å². The lowest BCUT2D eigenvalue weighted by Crippen LogP contribution is -2.40. The maximum absolute atomic E-state index is 12.2. The van der Waals surface area contributed by atoms with E-state index in [0.717, 1.165) is 0 Å². The molecule has 17 heavy (non-hydrogen) atoms. The van der Waals surface area contributed by atoms with Crippen LogP contribution in [0.3, 0.4) is 0 Å². The second kappa shape index (κ2) is 4.89. The minimum absolute atomic E-state index is 0.154. The summed E-state index contributed by atoms with van der Waals surface area (Å²) in [4.78, 5) is 17.6. The molecular weight excluding hydrogens is 242 g/mol. The second-order valence-electron chi connectivity index (χ2n) is 4.12. The number of carbonyl (C=O) groups excluding carboxylic acids is 1. The van der Waals surface area contributed by atoms with Gasteiger partial charge in [0, 0.05) is 13.1 Å². The quantitative estimate of drug-likeness (QED) is 0.731. The molecule has 3 N–H and O–H groups in total. The molecule has 2 heterocycles. The van der Waals surface area contributed by atoms with E-state index in [-0.39, 0.29) is 17.2 Å². The zero-order valence-corrected chi connectivity index (χ0v) is 10.0. The van der Waals surface area contributed by atoms with Gasteiger partial charge in [0.15, 0.2) is 0 Å². The molecule has 0 aliphatic carbocycles. The van der Waals surface area contributed by atoms with Crippen LogP contribution in [0.25, 0.3) is 0 Å². The Morgan fingerprint density at radius 3 is 2.82 bits per heavy atom. The fourth-order valence-corrected chi connectivity index (χ4v) is 2.02. The van der Waals surface area contributed by atoms with Gasteiger partial charge in [-0.15, -0.1) is 0 Å². The van der Waals surface area contributed by atoms with Crippen LogP contribution in [0.15, 0.2) is 12.3 Å². The van der Waals surface area contributed by atoms with Gasteiger partial charge in [-0.2, -0.15) is 0 Å². The van der Waals surface area contributed by atoms with Gasteiger partial charge in [-0.3, -0.25) is 4.79 Å². The molecule has 1 aliphatic heterocycles. The van der Waals surface area contributed by atoms with Gasteiger partial charge in [-0.05, 0) is 18.9 Å². The molecule has 0 bridgehead atoms. The summed E-state index contributed by atoms with van der Waals surface area (Å²) in [5, 5.41) is 9.63. The third-order valence-corrected chi connectivity index (χ3v) is 3.09. The van der Waals surface area contributed by atoms with Crippen LogP contribution in [0.1, 0.15) is 23.2 Å². The van der Waals surface area contributed by atoms with E-state index >= 15 is 0 Å². The molecule has 0 aromatic carbocycles. The largest absolute Gasteiger partial charge is 0.397 e. The van der Waals surface area contributed by atoms with Crippen molar-refractivity contribution < 1.29 is 9.90 Å². The van der Waals surface area contributed by atoms with Crippen molar-refractivity contribution in [3.63, 3.8) is 0 Å². The number of halogens is 1. The molecule has 0 atom stereocenters. The van der Waals surface area contributed by atoms with Crippen LogP contribution >= 0.6 is 11.6 Å². The lowest BCUT2D eigenvalue weighted by molar-refractivity contribution is 0.0547. The number of amides is 1. The van der Waals surface area contributed by atoms with Crippen molar-refractivity contribution in [2.75, 3.05) is 18.8 Å². The zero-order chi connectivity index (χ0) is 12.4. The first kappa shape index (κ1) is 12.1. The monoisotopic (exact) mass is 255 g/mol. The Bertz CT molecular complexity index is 431. The van der Waals surface area contributed by atoms with Crippen LogP contribution in [0.2, 0.25) is 5.15 Å². The van der Waals surface area contributed by atoms with Gasteiger partial charge >= 0.3 is 0 Å². The van der Waals surface area contributed by atoms with Gasteiger partial charge in [0.25, 0.3) is 5.91 Å². The van der Waals surface area contributed by atoms with Crippen LogP contribution in [0.5, 0.6) is 0 Å². The lowest BCUT2D eigenvalue weighted by atomic mass is 10.1. The number of pyridine rings is 1. The average molecular weight is 256 g/mol. The van der Waals surface area contributed by atoms with E-state index in [4.69, 9.17) is 17.3 Å². The number of nitrogen functional groups attached to an aromatic ring is 1. The Kier molecular flexibility index (Phi) is 3.49. The highest BCUT2D eigenvalue weighted by Crippen LogP contribution is 2.19. The summed E-state index contributed by atoms with van der Waals surface area (Å²) in [6.07, 6.45) is 2.28. The number of anilines is 1. The molecule has 1 aromatic rings. The van der Waals surface area contributed by atoms with E-state index in [9.17, 15) is 9.90 Å². The summed E-state index contributed by atoms with van der Waals surface area (Å²) in [5.74, 6) is -0.154. The highest BCUT2D eigenvalue weighted by molar-refractivity contribution is 6.29. The summed E-state index contributed by atoms with van der Waals surface area (Å²) in [5.41, 5.74) is 6.41. The topological polar surface area (TPSA) is 79.5 Å². The Labute approximate surface area is 104 Å². The number of rotatable bonds is 1. The number of carbonyl (C=O) groups is 1. The molecule has 0 saturated carbocycles. The summed E-state index contributed by atoms with van der Waals surface area (Å²) in [6.45, 7) is 1.08. The number of hydrogen-bond acceptors (Lipinski definition) is 4. The van der Waals surface area contributed by atoms with Crippen LogP contribution < -0.4 is 5.73 Å². The Morgan fingerprint density at radius 1 is 1.53 bits per heavy atom. The first-order chi connectivity index (χ1) is 8.08. The zero-order valence-electron chi connectivity index (χ0n) is 9.27. The fourth-order valence-electron chi connectivity index (χ4n) is 1.86. The first-order valence-corrected chi connectivity index (χ1v) is 5.84. The number of piperidine rings is 1.